The van der Waals surface area contributed by atoms with Gasteiger partial charge < -0.3 is 4.90 Å². The number of carbonyl (C=O) groups is 1. The average molecular weight is 377 g/mol. The summed E-state index contributed by atoms with van der Waals surface area (Å²) in [6.07, 6.45) is 5.39. The Morgan fingerprint density at radius 2 is 1.68 bits per heavy atom. The van der Waals surface area contributed by atoms with Crippen LogP contribution in [0.25, 0.3) is 0 Å². The number of rotatable bonds is 7. The zero-order chi connectivity index (χ0) is 19.3. The highest BCUT2D eigenvalue weighted by atomic mass is 16.2. The van der Waals surface area contributed by atoms with Gasteiger partial charge in [-0.3, -0.25) is 9.69 Å². The molecule has 2 aromatic carbocycles. The van der Waals surface area contributed by atoms with Crippen molar-refractivity contribution in [2.75, 3.05) is 13.1 Å². The van der Waals surface area contributed by atoms with Gasteiger partial charge in [0.1, 0.15) is 0 Å². The Bertz CT molecular complexity index is 757. The van der Waals surface area contributed by atoms with Crippen LogP contribution in [0.5, 0.6) is 0 Å². The molecule has 1 amide bonds. The third-order valence-corrected chi connectivity index (χ3v) is 6.34. The quantitative estimate of drug-likeness (QED) is 0.676. The molecule has 1 aliphatic heterocycles. The molecule has 1 saturated carbocycles. The second-order valence-electron chi connectivity index (χ2n) is 8.53. The zero-order valence-electron chi connectivity index (χ0n) is 17.0. The summed E-state index contributed by atoms with van der Waals surface area (Å²) in [5.41, 5.74) is 2.69. The maximum Gasteiger partial charge on any atom is 0.222 e. The minimum Gasteiger partial charge on any atom is -0.341 e. The number of nitrogens with zero attached hydrogens (tertiary/aromatic N) is 2. The first-order valence-electron chi connectivity index (χ1n) is 10.8. The first-order chi connectivity index (χ1) is 13.7. The Hall–Kier alpha value is -2.13. The fourth-order valence-electron chi connectivity index (χ4n) is 4.45. The van der Waals surface area contributed by atoms with Gasteiger partial charge in [-0.2, -0.15) is 0 Å². The van der Waals surface area contributed by atoms with Crippen molar-refractivity contribution in [2.24, 2.45) is 5.92 Å². The fourth-order valence-corrected chi connectivity index (χ4v) is 4.45. The van der Waals surface area contributed by atoms with Gasteiger partial charge in [-0.15, -0.1) is 0 Å². The van der Waals surface area contributed by atoms with Crippen molar-refractivity contribution in [1.29, 1.82) is 0 Å². The van der Waals surface area contributed by atoms with Crippen LogP contribution in [0, 0.1) is 5.92 Å². The Morgan fingerprint density at radius 3 is 2.36 bits per heavy atom. The molecule has 1 saturated heterocycles. The molecule has 2 aromatic rings. The van der Waals surface area contributed by atoms with Gasteiger partial charge in [0, 0.05) is 38.1 Å². The normalized spacial score (nSPS) is 21.6. The summed E-state index contributed by atoms with van der Waals surface area (Å²) in [5, 5.41) is 0. The molecule has 1 heterocycles. The van der Waals surface area contributed by atoms with Crippen LogP contribution in [0.15, 0.2) is 60.7 Å². The van der Waals surface area contributed by atoms with E-state index in [9.17, 15) is 4.79 Å². The average Bonchev–Trinajstić information content (AvgIpc) is 3.57. The second kappa shape index (κ2) is 8.91. The Kier molecular flexibility index (Phi) is 6.11. The molecule has 0 radical (unpaired) electrons. The third kappa shape index (κ3) is 4.82. The van der Waals surface area contributed by atoms with Crippen LogP contribution < -0.4 is 0 Å². The standard InChI is InChI=1S/C25H32N2O/c1-20(23-11-6-3-7-12-23)27(18-21-9-4-2-5-10-21)24-13-8-14-25(28)26(19-24)17-22-15-16-22/h2-7,9-12,20,22,24H,8,13-19H2,1H3. The van der Waals surface area contributed by atoms with Gasteiger partial charge in [0.15, 0.2) is 0 Å². The number of hydrogen-bond donors (Lipinski definition) is 0. The Labute approximate surface area is 169 Å². The van der Waals surface area contributed by atoms with Gasteiger partial charge in [0.05, 0.1) is 0 Å². The highest BCUT2D eigenvalue weighted by Crippen LogP contribution is 2.33. The largest absolute Gasteiger partial charge is 0.341 e. The van der Waals surface area contributed by atoms with Crippen LogP contribution in [0.3, 0.4) is 0 Å². The van der Waals surface area contributed by atoms with Crippen molar-refractivity contribution in [3.8, 4) is 0 Å². The van der Waals surface area contributed by atoms with E-state index >= 15 is 0 Å². The zero-order valence-corrected chi connectivity index (χ0v) is 17.0. The topological polar surface area (TPSA) is 23.6 Å². The maximum atomic E-state index is 12.7. The second-order valence-corrected chi connectivity index (χ2v) is 8.53. The molecule has 2 unspecified atom stereocenters. The lowest BCUT2D eigenvalue weighted by Crippen LogP contribution is -2.45. The summed E-state index contributed by atoms with van der Waals surface area (Å²) >= 11 is 0. The fraction of sp³-hybridized carbons (Fsp3) is 0.480. The molecule has 0 spiro atoms. The molecule has 2 atom stereocenters. The monoisotopic (exact) mass is 376 g/mol. The van der Waals surface area contributed by atoms with Crippen LogP contribution in [-0.2, 0) is 11.3 Å². The van der Waals surface area contributed by atoms with Crippen molar-refractivity contribution in [1.82, 2.24) is 9.80 Å². The van der Waals surface area contributed by atoms with E-state index in [1.807, 2.05) is 0 Å². The van der Waals surface area contributed by atoms with Crippen LogP contribution in [0.4, 0.5) is 0 Å². The lowest BCUT2D eigenvalue weighted by Gasteiger charge is -2.38. The minimum absolute atomic E-state index is 0.322. The van der Waals surface area contributed by atoms with Crippen molar-refractivity contribution >= 4 is 5.91 Å². The van der Waals surface area contributed by atoms with Gasteiger partial charge in [-0.25, -0.2) is 0 Å². The summed E-state index contributed by atoms with van der Waals surface area (Å²) in [7, 11) is 0. The summed E-state index contributed by atoms with van der Waals surface area (Å²) in [5.74, 6) is 1.11. The van der Waals surface area contributed by atoms with E-state index in [4.69, 9.17) is 0 Å². The van der Waals surface area contributed by atoms with Crippen molar-refractivity contribution in [2.45, 2.75) is 57.7 Å². The van der Waals surface area contributed by atoms with E-state index in [-0.39, 0.29) is 0 Å². The number of hydrogen-bond acceptors (Lipinski definition) is 2. The van der Waals surface area contributed by atoms with Crippen LogP contribution in [-0.4, -0.2) is 34.8 Å². The SMILES string of the molecule is CC(c1ccccc1)N(Cc1ccccc1)C1CCCC(=O)N(CC2CC2)C1. The third-order valence-electron chi connectivity index (χ3n) is 6.34. The number of amides is 1. The van der Waals surface area contributed by atoms with Crippen molar-refractivity contribution < 1.29 is 4.79 Å². The molecular weight excluding hydrogens is 344 g/mol. The van der Waals surface area contributed by atoms with E-state index < -0.39 is 0 Å². The van der Waals surface area contributed by atoms with Gasteiger partial charge >= 0.3 is 0 Å². The summed E-state index contributed by atoms with van der Waals surface area (Å²) in [6.45, 7) is 5.08. The Morgan fingerprint density at radius 1 is 1.00 bits per heavy atom. The molecule has 148 valence electrons. The highest BCUT2D eigenvalue weighted by Gasteiger charge is 2.33. The van der Waals surface area contributed by atoms with E-state index in [0.29, 0.717) is 24.4 Å². The van der Waals surface area contributed by atoms with Crippen molar-refractivity contribution in [3.05, 3.63) is 71.8 Å². The van der Waals surface area contributed by atoms with Gasteiger partial charge in [0.2, 0.25) is 5.91 Å². The van der Waals surface area contributed by atoms with Crippen molar-refractivity contribution in [3.63, 3.8) is 0 Å². The van der Waals surface area contributed by atoms with Gasteiger partial charge in [-0.05, 0) is 49.7 Å². The molecule has 1 aliphatic carbocycles. The smallest absolute Gasteiger partial charge is 0.222 e. The molecule has 0 N–H and O–H groups in total. The lowest BCUT2D eigenvalue weighted by atomic mass is 10.0. The molecule has 0 bridgehead atoms. The number of carbonyl (C=O) groups excluding carboxylic acids is 1. The predicted molar refractivity (Wildman–Crippen MR) is 114 cm³/mol. The summed E-state index contributed by atoms with van der Waals surface area (Å²) in [4.78, 5) is 17.5. The van der Waals surface area contributed by atoms with E-state index in [1.54, 1.807) is 0 Å². The van der Waals surface area contributed by atoms with Crippen LogP contribution >= 0.6 is 0 Å². The van der Waals surface area contributed by atoms with Gasteiger partial charge in [-0.1, -0.05) is 60.7 Å². The van der Waals surface area contributed by atoms with Crippen LogP contribution in [0.1, 0.15) is 56.2 Å². The summed E-state index contributed by atoms with van der Waals surface area (Å²) < 4.78 is 0. The number of likely N-dealkylation sites (tertiary alicyclic amines) is 1. The predicted octanol–water partition coefficient (Wildman–Crippen LogP) is 5.04. The molecular formula is C25H32N2O. The molecule has 0 aromatic heterocycles. The minimum atomic E-state index is 0.322. The van der Waals surface area contributed by atoms with E-state index in [0.717, 1.165) is 38.4 Å². The number of benzene rings is 2. The Balaban J connectivity index is 1.58. The molecule has 2 aliphatic rings. The first-order valence-corrected chi connectivity index (χ1v) is 10.8. The van der Waals surface area contributed by atoms with Crippen LogP contribution in [0.2, 0.25) is 0 Å². The molecule has 4 rings (SSSR count). The maximum absolute atomic E-state index is 12.7. The molecule has 3 heteroatoms. The van der Waals surface area contributed by atoms with Gasteiger partial charge in [0.25, 0.3) is 0 Å². The molecule has 2 fully saturated rings. The van der Waals surface area contributed by atoms with E-state index in [2.05, 4.69) is 77.4 Å². The van der Waals surface area contributed by atoms with E-state index in [1.165, 1.54) is 24.0 Å². The molecule has 28 heavy (non-hydrogen) atoms. The highest BCUT2D eigenvalue weighted by molar-refractivity contribution is 5.76. The summed E-state index contributed by atoms with van der Waals surface area (Å²) in [6, 6.07) is 22.3. The molecule has 3 nitrogen and oxygen atoms in total. The lowest BCUT2D eigenvalue weighted by molar-refractivity contribution is -0.131. The first kappa shape index (κ1) is 19.2.